The quantitative estimate of drug-likeness (QED) is 0.342. The number of carbonyl (C=O) groups excluding carboxylic acids is 1. The fourth-order valence-electron chi connectivity index (χ4n) is 1.36. The lowest BCUT2D eigenvalue weighted by molar-refractivity contribution is -0.140. The van der Waals surface area contributed by atoms with E-state index in [1.807, 2.05) is 0 Å². The van der Waals surface area contributed by atoms with Gasteiger partial charge in [-0.25, -0.2) is 4.79 Å². The third-order valence-electron chi connectivity index (χ3n) is 2.29. The van der Waals surface area contributed by atoms with Crippen LogP contribution in [0.4, 0.5) is 0 Å². The number of carboxylic acids is 1. The number of nitrogens with one attached hydrogen (secondary N) is 1. The van der Waals surface area contributed by atoms with Gasteiger partial charge in [0.15, 0.2) is 0 Å². The summed E-state index contributed by atoms with van der Waals surface area (Å²) in [6.07, 6.45) is 0.473. The standard InChI is InChI=1S/C10H12BNO5/c13-6-12-9(10(14)15)5-7-1-3-8(4-2-7)11(16)17/h1-4,6,9,16-17H,5H2,(H,12,13)(H,14,15)/t9-/m0/s1. The maximum Gasteiger partial charge on any atom is 0.488 e. The Morgan fingerprint density at radius 3 is 2.35 bits per heavy atom. The van der Waals surface area contributed by atoms with Gasteiger partial charge in [-0.05, 0) is 11.0 Å². The smallest absolute Gasteiger partial charge is 0.480 e. The van der Waals surface area contributed by atoms with E-state index in [4.69, 9.17) is 15.2 Å². The minimum absolute atomic E-state index is 0.135. The molecule has 17 heavy (non-hydrogen) atoms. The molecule has 4 N–H and O–H groups in total. The molecule has 0 radical (unpaired) electrons. The zero-order valence-electron chi connectivity index (χ0n) is 8.91. The number of amides is 1. The maximum absolute atomic E-state index is 10.8. The lowest BCUT2D eigenvalue weighted by Gasteiger charge is -2.11. The van der Waals surface area contributed by atoms with Crippen molar-refractivity contribution in [2.75, 3.05) is 0 Å². The molecule has 1 aromatic carbocycles. The molecule has 0 bridgehead atoms. The first-order valence-corrected chi connectivity index (χ1v) is 4.92. The number of carbonyl (C=O) groups is 2. The summed E-state index contributed by atoms with van der Waals surface area (Å²) in [6.45, 7) is 0. The number of hydrogen-bond donors (Lipinski definition) is 4. The molecule has 0 aliphatic carbocycles. The topological polar surface area (TPSA) is 107 Å². The molecule has 0 aliphatic rings. The Morgan fingerprint density at radius 1 is 1.35 bits per heavy atom. The highest BCUT2D eigenvalue weighted by atomic mass is 16.4. The normalized spacial score (nSPS) is 11.6. The van der Waals surface area contributed by atoms with E-state index in [1.54, 1.807) is 12.1 Å². The lowest BCUT2D eigenvalue weighted by Crippen LogP contribution is -2.37. The van der Waals surface area contributed by atoms with Crippen LogP contribution in [-0.2, 0) is 16.0 Å². The highest BCUT2D eigenvalue weighted by molar-refractivity contribution is 6.58. The molecule has 7 heteroatoms. The summed E-state index contributed by atoms with van der Waals surface area (Å²) in [5.74, 6) is -1.12. The van der Waals surface area contributed by atoms with Crippen LogP contribution in [0.1, 0.15) is 5.56 Å². The van der Waals surface area contributed by atoms with Crippen LogP contribution >= 0.6 is 0 Å². The van der Waals surface area contributed by atoms with Crippen molar-refractivity contribution in [3.63, 3.8) is 0 Å². The molecule has 90 valence electrons. The summed E-state index contributed by atoms with van der Waals surface area (Å²) in [5, 5.41) is 28.7. The molecule has 0 aromatic heterocycles. The van der Waals surface area contributed by atoms with Crippen molar-refractivity contribution in [2.45, 2.75) is 12.5 Å². The second-order valence-electron chi connectivity index (χ2n) is 3.49. The summed E-state index contributed by atoms with van der Waals surface area (Å²) in [5.41, 5.74) is 1.00. The Balaban J connectivity index is 2.73. The van der Waals surface area contributed by atoms with Crippen LogP contribution < -0.4 is 10.8 Å². The lowest BCUT2D eigenvalue weighted by atomic mass is 9.80. The van der Waals surface area contributed by atoms with Crippen LogP contribution in [-0.4, -0.2) is 40.7 Å². The second kappa shape index (κ2) is 6.02. The van der Waals surface area contributed by atoms with Gasteiger partial charge in [0.1, 0.15) is 6.04 Å². The fourth-order valence-corrected chi connectivity index (χ4v) is 1.36. The number of benzene rings is 1. The van der Waals surface area contributed by atoms with Crippen LogP contribution in [0, 0.1) is 0 Å². The van der Waals surface area contributed by atoms with Crippen LogP contribution in [0.15, 0.2) is 24.3 Å². The van der Waals surface area contributed by atoms with Gasteiger partial charge in [0, 0.05) is 6.42 Å². The van der Waals surface area contributed by atoms with Gasteiger partial charge in [-0.1, -0.05) is 24.3 Å². The first kappa shape index (κ1) is 13.2. The van der Waals surface area contributed by atoms with E-state index in [2.05, 4.69) is 5.32 Å². The number of carboxylic acid groups (broad SMARTS) is 1. The largest absolute Gasteiger partial charge is 0.488 e. The molecule has 1 rings (SSSR count). The van der Waals surface area contributed by atoms with Crippen molar-refractivity contribution in [1.82, 2.24) is 5.32 Å². The zero-order chi connectivity index (χ0) is 12.8. The van der Waals surface area contributed by atoms with Crippen molar-refractivity contribution in [3.8, 4) is 0 Å². The predicted molar refractivity (Wildman–Crippen MR) is 60.6 cm³/mol. The first-order valence-electron chi connectivity index (χ1n) is 4.92. The van der Waals surface area contributed by atoms with Gasteiger partial charge in [-0.2, -0.15) is 0 Å². The third-order valence-corrected chi connectivity index (χ3v) is 2.29. The van der Waals surface area contributed by atoms with Gasteiger partial charge < -0.3 is 20.5 Å². The van der Waals surface area contributed by atoms with Gasteiger partial charge in [0.2, 0.25) is 6.41 Å². The van der Waals surface area contributed by atoms with Crippen molar-refractivity contribution < 1.29 is 24.7 Å². The summed E-state index contributed by atoms with van der Waals surface area (Å²) in [7, 11) is -1.55. The average molecular weight is 237 g/mol. The highest BCUT2D eigenvalue weighted by Gasteiger charge is 2.17. The number of hydrogen-bond acceptors (Lipinski definition) is 4. The highest BCUT2D eigenvalue weighted by Crippen LogP contribution is 2.02. The van der Waals surface area contributed by atoms with Gasteiger partial charge >= 0.3 is 13.1 Å². The zero-order valence-corrected chi connectivity index (χ0v) is 8.91. The molecule has 0 unspecified atom stereocenters. The van der Waals surface area contributed by atoms with E-state index in [0.29, 0.717) is 17.4 Å². The van der Waals surface area contributed by atoms with Gasteiger partial charge in [-0.3, -0.25) is 4.79 Å². The SMILES string of the molecule is O=CN[C@@H](Cc1ccc(B(O)O)cc1)C(=O)O. The molecular formula is C10H12BNO5. The van der Waals surface area contributed by atoms with E-state index >= 15 is 0 Å². The van der Waals surface area contributed by atoms with Crippen molar-refractivity contribution in [3.05, 3.63) is 29.8 Å². The summed E-state index contributed by atoms with van der Waals surface area (Å²) in [4.78, 5) is 21.0. The second-order valence-corrected chi connectivity index (χ2v) is 3.49. The predicted octanol–water partition coefficient (Wildman–Crippen LogP) is -1.89. The van der Waals surface area contributed by atoms with Crippen LogP contribution in [0.25, 0.3) is 0 Å². The Labute approximate surface area is 98.0 Å². The van der Waals surface area contributed by atoms with E-state index in [1.165, 1.54) is 12.1 Å². The molecule has 1 atom stereocenters. The van der Waals surface area contributed by atoms with E-state index in [-0.39, 0.29) is 6.42 Å². The number of rotatable bonds is 6. The Hall–Kier alpha value is -1.86. The monoisotopic (exact) mass is 237 g/mol. The molecule has 0 aliphatic heterocycles. The molecule has 0 saturated heterocycles. The van der Waals surface area contributed by atoms with E-state index < -0.39 is 19.1 Å². The Morgan fingerprint density at radius 2 is 1.94 bits per heavy atom. The number of aliphatic carboxylic acids is 1. The maximum atomic E-state index is 10.8. The van der Waals surface area contributed by atoms with Crippen LogP contribution in [0.3, 0.4) is 0 Å². The van der Waals surface area contributed by atoms with Crippen molar-refractivity contribution in [2.24, 2.45) is 0 Å². The molecule has 0 heterocycles. The molecule has 6 nitrogen and oxygen atoms in total. The molecular weight excluding hydrogens is 225 g/mol. The van der Waals surface area contributed by atoms with Gasteiger partial charge in [0.05, 0.1) is 0 Å². The Kier molecular flexibility index (Phi) is 4.68. The average Bonchev–Trinajstić information content (AvgIpc) is 2.29. The Bertz CT molecular complexity index is 392. The minimum Gasteiger partial charge on any atom is -0.480 e. The van der Waals surface area contributed by atoms with Crippen molar-refractivity contribution in [1.29, 1.82) is 0 Å². The summed E-state index contributed by atoms with van der Waals surface area (Å²) >= 11 is 0. The minimum atomic E-state index is -1.55. The van der Waals surface area contributed by atoms with E-state index in [9.17, 15) is 9.59 Å². The molecule has 1 aromatic rings. The van der Waals surface area contributed by atoms with Gasteiger partial charge in [-0.15, -0.1) is 0 Å². The summed E-state index contributed by atoms with van der Waals surface area (Å²) < 4.78 is 0. The van der Waals surface area contributed by atoms with Crippen LogP contribution in [0.2, 0.25) is 0 Å². The van der Waals surface area contributed by atoms with Crippen molar-refractivity contribution >= 4 is 25.0 Å². The molecule has 0 saturated carbocycles. The fraction of sp³-hybridized carbons (Fsp3) is 0.200. The molecule has 1 amide bonds. The summed E-state index contributed by atoms with van der Waals surface area (Å²) in [6, 6.07) is 5.14. The molecule has 0 spiro atoms. The van der Waals surface area contributed by atoms with E-state index in [0.717, 1.165) is 0 Å². The first-order chi connectivity index (χ1) is 8.04. The third kappa shape index (κ3) is 3.89. The van der Waals surface area contributed by atoms with Crippen LogP contribution in [0.5, 0.6) is 0 Å². The van der Waals surface area contributed by atoms with Gasteiger partial charge in [0.25, 0.3) is 0 Å². The molecule has 0 fully saturated rings.